The van der Waals surface area contributed by atoms with Crippen LogP contribution in [-0.4, -0.2) is 41.5 Å². The van der Waals surface area contributed by atoms with Gasteiger partial charge in [-0.15, -0.1) is 0 Å². The molecule has 1 aliphatic heterocycles. The maximum Gasteiger partial charge on any atom is 0.352 e. The molecule has 0 radical (unpaired) electrons. The first-order valence-electron chi connectivity index (χ1n) is 7.37. The molecule has 7 heteroatoms. The highest BCUT2D eigenvalue weighted by Crippen LogP contribution is 2.31. The topological polar surface area (TPSA) is 67.8 Å². The van der Waals surface area contributed by atoms with Gasteiger partial charge in [-0.25, -0.2) is 0 Å². The van der Waals surface area contributed by atoms with Crippen molar-refractivity contribution in [1.29, 1.82) is 0 Å². The lowest BCUT2D eigenvalue weighted by Crippen LogP contribution is -2.54. The molecule has 2 N–H and O–H groups in total. The van der Waals surface area contributed by atoms with Gasteiger partial charge in [-0.3, -0.25) is 4.79 Å². The quantitative estimate of drug-likeness (QED) is 0.867. The molecule has 0 spiro atoms. The Bertz CT molecular complexity index is 550. The summed E-state index contributed by atoms with van der Waals surface area (Å²) in [6.45, 7) is 4.49. The van der Waals surface area contributed by atoms with E-state index in [1.807, 2.05) is 0 Å². The van der Waals surface area contributed by atoms with Gasteiger partial charge in [0.05, 0.1) is 12.6 Å². The van der Waals surface area contributed by atoms with Crippen molar-refractivity contribution in [3.05, 3.63) is 35.9 Å². The summed E-state index contributed by atoms with van der Waals surface area (Å²) < 4.78 is 38.7. The molecular formula is C16H21F2NO4. The second kappa shape index (κ2) is 6.51. The molecule has 128 valence electrons. The number of halogens is 2. The van der Waals surface area contributed by atoms with Crippen molar-refractivity contribution in [3.63, 3.8) is 0 Å². The van der Waals surface area contributed by atoms with Gasteiger partial charge >= 0.3 is 5.92 Å². The van der Waals surface area contributed by atoms with Crippen LogP contribution in [0.5, 0.6) is 0 Å². The molecule has 23 heavy (non-hydrogen) atoms. The zero-order chi connectivity index (χ0) is 17.3. The Kier molecular flexibility index (Phi) is 5.03. The first-order chi connectivity index (χ1) is 10.6. The number of hydrogen-bond acceptors (Lipinski definition) is 4. The van der Waals surface area contributed by atoms with Gasteiger partial charge in [0.15, 0.2) is 11.9 Å². The molecule has 1 amide bonds. The molecule has 5 nitrogen and oxygen atoms in total. The summed E-state index contributed by atoms with van der Waals surface area (Å²) in [7, 11) is 0. The summed E-state index contributed by atoms with van der Waals surface area (Å²) >= 11 is 0. The number of alkyl halides is 2. The van der Waals surface area contributed by atoms with Crippen molar-refractivity contribution in [2.75, 3.05) is 6.61 Å². The van der Waals surface area contributed by atoms with E-state index in [9.17, 15) is 18.7 Å². The third kappa shape index (κ3) is 4.04. The van der Waals surface area contributed by atoms with Crippen molar-refractivity contribution in [1.82, 2.24) is 5.32 Å². The van der Waals surface area contributed by atoms with Gasteiger partial charge in [-0.1, -0.05) is 30.3 Å². The second-order valence-electron chi connectivity index (χ2n) is 6.04. The number of hydrogen-bond donors (Lipinski definition) is 2. The van der Waals surface area contributed by atoms with Gasteiger partial charge in [0.25, 0.3) is 5.91 Å². The molecule has 0 saturated carbocycles. The molecule has 1 fully saturated rings. The van der Waals surface area contributed by atoms with Crippen LogP contribution < -0.4 is 5.32 Å². The summed E-state index contributed by atoms with van der Waals surface area (Å²) in [5.74, 6) is -6.60. The highest BCUT2D eigenvalue weighted by Gasteiger charge is 2.53. The standard InChI is InChI=1S/C16H21F2NO4/c1-10(11-7-5-4-6-8-11)19-14(21)16(17,18)13(20)12-9-22-15(2,3)23-12/h4-8,10,12-13,20H,9H2,1-3H3,(H,19,21)/t10-,12?,13+/m0/s1. The summed E-state index contributed by atoms with van der Waals surface area (Å²) in [5, 5.41) is 12.1. The molecule has 2 rings (SSSR count). The smallest absolute Gasteiger partial charge is 0.352 e. The zero-order valence-electron chi connectivity index (χ0n) is 13.3. The van der Waals surface area contributed by atoms with Gasteiger partial charge in [-0.2, -0.15) is 8.78 Å². The summed E-state index contributed by atoms with van der Waals surface area (Å²) in [5.41, 5.74) is 0.688. The van der Waals surface area contributed by atoms with Crippen LogP contribution in [0, 0.1) is 0 Å². The molecule has 1 unspecified atom stereocenters. The Labute approximate surface area is 133 Å². The fourth-order valence-corrected chi connectivity index (χ4v) is 2.36. The van der Waals surface area contributed by atoms with Gasteiger partial charge in [0, 0.05) is 0 Å². The highest BCUT2D eigenvalue weighted by molar-refractivity contribution is 5.84. The van der Waals surface area contributed by atoms with Gasteiger partial charge in [0.2, 0.25) is 0 Å². The van der Waals surface area contributed by atoms with E-state index in [1.54, 1.807) is 51.1 Å². The van der Waals surface area contributed by atoms with Gasteiger partial charge < -0.3 is 19.9 Å². The van der Waals surface area contributed by atoms with Crippen LogP contribution in [0.25, 0.3) is 0 Å². The SMILES string of the molecule is C[C@H](NC(=O)C(F)(F)[C@H](O)C1COC(C)(C)O1)c1ccccc1. The van der Waals surface area contributed by atoms with Crippen molar-refractivity contribution in [3.8, 4) is 0 Å². The molecule has 1 saturated heterocycles. The number of rotatable bonds is 5. The van der Waals surface area contributed by atoms with E-state index in [0.717, 1.165) is 0 Å². The minimum absolute atomic E-state index is 0.203. The van der Waals surface area contributed by atoms with Crippen LogP contribution in [-0.2, 0) is 14.3 Å². The Morgan fingerprint density at radius 3 is 2.52 bits per heavy atom. The number of benzene rings is 1. The van der Waals surface area contributed by atoms with E-state index in [0.29, 0.717) is 5.56 Å². The Morgan fingerprint density at radius 1 is 1.39 bits per heavy atom. The average Bonchev–Trinajstić information content (AvgIpc) is 2.87. The fourth-order valence-electron chi connectivity index (χ4n) is 2.36. The van der Waals surface area contributed by atoms with Crippen LogP contribution in [0.1, 0.15) is 32.4 Å². The van der Waals surface area contributed by atoms with Crippen molar-refractivity contribution >= 4 is 5.91 Å². The molecule has 0 bridgehead atoms. The van der Waals surface area contributed by atoms with Crippen LogP contribution >= 0.6 is 0 Å². The lowest BCUT2D eigenvalue weighted by molar-refractivity contribution is -0.195. The lowest BCUT2D eigenvalue weighted by Gasteiger charge is -2.27. The number of carbonyl (C=O) groups is 1. The second-order valence-corrected chi connectivity index (χ2v) is 6.04. The van der Waals surface area contributed by atoms with E-state index < -0.39 is 35.9 Å². The number of carbonyl (C=O) groups excluding carboxylic acids is 1. The van der Waals surface area contributed by atoms with E-state index in [4.69, 9.17) is 9.47 Å². The minimum atomic E-state index is -3.99. The number of nitrogens with one attached hydrogen (secondary N) is 1. The Morgan fingerprint density at radius 2 is 2.00 bits per heavy atom. The molecule has 3 atom stereocenters. The third-order valence-electron chi connectivity index (χ3n) is 3.70. The van der Waals surface area contributed by atoms with E-state index in [1.165, 1.54) is 0 Å². The predicted octanol–water partition coefficient (Wildman–Crippen LogP) is 2.01. The fraction of sp³-hybridized carbons (Fsp3) is 0.562. The van der Waals surface area contributed by atoms with Crippen molar-refractivity contribution in [2.24, 2.45) is 0 Å². The molecule has 1 heterocycles. The minimum Gasteiger partial charge on any atom is -0.383 e. The average molecular weight is 329 g/mol. The molecular weight excluding hydrogens is 308 g/mol. The number of amides is 1. The van der Waals surface area contributed by atoms with E-state index in [2.05, 4.69) is 5.32 Å². The number of aliphatic hydroxyl groups excluding tert-OH is 1. The maximum absolute atomic E-state index is 14.2. The molecule has 1 aliphatic rings. The Hall–Kier alpha value is -1.57. The highest BCUT2D eigenvalue weighted by atomic mass is 19.3. The number of ether oxygens (including phenoxy) is 2. The first-order valence-corrected chi connectivity index (χ1v) is 7.37. The largest absolute Gasteiger partial charge is 0.383 e. The van der Waals surface area contributed by atoms with Crippen molar-refractivity contribution < 1.29 is 28.2 Å². The van der Waals surface area contributed by atoms with Crippen LogP contribution in [0.4, 0.5) is 8.78 Å². The summed E-state index contributed by atoms with van der Waals surface area (Å²) in [4.78, 5) is 11.9. The number of aliphatic hydroxyl groups is 1. The summed E-state index contributed by atoms with van der Waals surface area (Å²) in [6.07, 6.45) is -3.55. The molecule has 1 aromatic carbocycles. The predicted molar refractivity (Wildman–Crippen MR) is 78.9 cm³/mol. The van der Waals surface area contributed by atoms with Crippen LogP contribution in [0.15, 0.2) is 30.3 Å². The Balaban J connectivity index is 2.02. The zero-order valence-corrected chi connectivity index (χ0v) is 13.3. The monoisotopic (exact) mass is 329 g/mol. The van der Waals surface area contributed by atoms with E-state index >= 15 is 0 Å². The van der Waals surface area contributed by atoms with E-state index in [-0.39, 0.29) is 6.61 Å². The maximum atomic E-state index is 14.2. The molecule has 1 aromatic rings. The van der Waals surface area contributed by atoms with Crippen LogP contribution in [0.3, 0.4) is 0 Å². The van der Waals surface area contributed by atoms with Gasteiger partial charge in [-0.05, 0) is 26.3 Å². The van der Waals surface area contributed by atoms with Crippen molar-refractivity contribution in [2.45, 2.75) is 50.7 Å². The lowest BCUT2D eigenvalue weighted by atomic mass is 10.0. The van der Waals surface area contributed by atoms with Gasteiger partial charge in [0.1, 0.15) is 6.10 Å². The first kappa shape index (κ1) is 17.8. The molecule has 0 aliphatic carbocycles. The van der Waals surface area contributed by atoms with Crippen LogP contribution in [0.2, 0.25) is 0 Å². The molecule has 0 aromatic heterocycles. The normalized spacial score (nSPS) is 23.3. The third-order valence-corrected chi connectivity index (χ3v) is 3.70. The summed E-state index contributed by atoms with van der Waals surface area (Å²) in [6, 6.07) is 8.11.